The van der Waals surface area contributed by atoms with Gasteiger partial charge in [0.1, 0.15) is 0 Å². The van der Waals surface area contributed by atoms with Crippen LogP contribution in [0.3, 0.4) is 0 Å². The Hall–Kier alpha value is -0.980. The first-order valence-corrected chi connectivity index (χ1v) is 9.67. The lowest BCUT2D eigenvalue weighted by Gasteiger charge is -2.34. The monoisotopic (exact) mass is 336 g/mol. The second-order valence-electron chi connectivity index (χ2n) is 6.91. The number of thiazole rings is 1. The Bertz CT molecular complexity index is 524. The third-order valence-electron chi connectivity index (χ3n) is 5.10. The largest absolute Gasteiger partial charge is 0.352 e. The molecule has 1 amide bonds. The number of nitrogens with zero attached hydrogens (tertiary/aromatic N) is 2. The molecule has 0 bridgehead atoms. The van der Waals surface area contributed by atoms with Gasteiger partial charge in [-0.05, 0) is 59.2 Å². The highest BCUT2D eigenvalue weighted by atomic mass is 32.1. The number of carbonyl (C=O) groups is 1. The van der Waals surface area contributed by atoms with E-state index in [9.17, 15) is 4.79 Å². The third-order valence-corrected chi connectivity index (χ3v) is 5.92. The summed E-state index contributed by atoms with van der Waals surface area (Å²) in [5.74, 6) is 0.437. The van der Waals surface area contributed by atoms with Crippen LogP contribution in [-0.2, 0) is 11.3 Å². The Morgan fingerprint density at radius 2 is 2.22 bits per heavy atom. The van der Waals surface area contributed by atoms with Gasteiger partial charge >= 0.3 is 0 Å². The van der Waals surface area contributed by atoms with Crippen molar-refractivity contribution in [1.29, 1.82) is 0 Å². The summed E-state index contributed by atoms with van der Waals surface area (Å²) in [4.78, 5) is 19.5. The Balaban J connectivity index is 1.43. The van der Waals surface area contributed by atoms with Crippen LogP contribution < -0.4 is 10.6 Å². The summed E-state index contributed by atoms with van der Waals surface area (Å²) in [5, 5.41) is 10.00. The smallest absolute Gasteiger partial charge is 0.223 e. The van der Waals surface area contributed by atoms with Gasteiger partial charge in [-0.3, -0.25) is 9.69 Å². The van der Waals surface area contributed by atoms with Crippen molar-refractivity contribution in [3.8, 4) is 0 Å². The van der Waals surface area contributed by atoms with Crippen molar-refractivity contribution in [2.24, 2.45) is 5.92 Å². The fraction of sp³-hybridized carbons (Fsp3) is 0.765. The lowest BCUT2D eigenvalue weighted by molar-refractivity contribution is -0.127. The van der Waals surface area contributed by atoms with Crippen molar-refractivity contribution in [2.75, 3.05) is 19.6 Å². The summed E-state index contributed by atoms with van der Waals surface area (Å²) in [6, 6.07) is 0.688. The van der Waals surface area contributed by atoms with Crippen molar-refractivity contribution in [1.82, 2.24) is 20.5 Å². The van der Waals surface area contributed by atoms with Crippen LogP contribution in [0.5, 0.6) is 0 Å². The Morgan fingerprint density at radius 1 is 1.43 bits per heavy atom. The fourth-order valence-electron chi connectivity index (χ4n) is 3.60. The molecule has 0 aliphatic carbocycles. The molecule has 0 saturated carbocycles. The summed E-state index contributed by atoms with van der Waals surface area (Å²) in [6.45, 7) is 8.19. The minimum Gasteiger partial charge on any atom is -0.352 e. The molecule has 1 aromatic heterocycles. The van der Waals surface area contributed by atoms with E-state index in [0.717, 1.165) is 62.6 Å². The SMILES string of the molecule is Cc1nc(CN2CCC(C(=O)NC3CCCNC3C)CC2)cs1. The van der Waals surface area contributed by atoms with Crippen LogP contribution in [-0.4, -0.2) is 47.5 Å². The van der Waals surface area contributed by atoms with Crippen LogP contribution in [0.2, 0.25) is 0 Å². The molecule has 23 heavy (non-hydrogen) atoms. The molecule has 2 unspecified atom stereocenters. The van der Waals surface area contributed by atoms with Crippen LogP contribution in [0, 0.1) is 12.8 Å². The van der Waals surface area contributed by atoms with Crippen molar-refractivity contribution >= 4 is 17.2 Å². The van der Waals surface area contributed by atoms with Gasteiger partial charge in [0.2, 0.25) is 5.91 Å². The number of nitrogens with one attached hydrogen (secondary N) is 2. The molecule has 6 heteroatoms. The topological polar surface area (TPSA) is 57.3 Å². The second-order valence-corrected chi connectivity index (χ2v) is 7.97. The maximum absolute atomic E-state index is 12.5. The predicted molar refractivity (Wildman–Crippen MR) is 93.5 cm³/mol. The first-order chi connectivity index (χ1) is 11.1. The summed E-state index contributed by atoms with van der Waals surface area (Å²) in [7, 11) is 0. The van der Waals surface area contributed by atoms with Gasteiger partial charge in [0, 0.05) is 29.9 Å². The average Bonchev–Trinajstić information content (AvgIpc) is 2.95. The summed E-state index contributed by atoms with van der Waals surface area (Å²) in [5.41, 5.74) is 1.16. The molecular formula is C17H28N4OS. The zero-order valence-corrected chi connectivity index (χ0v) is 15.0. The number of aryl methyl sites for hydroxylation is 1. The molecule has 2 fully saturated rings. The van der Waals surface area contributed by atoms with E-state index in [-0.39, 0.29) is 11.8 Å². The highest BCUT2D eigenvalue weighted by Gasteiger charge is 2.29. The number of amides is 1. The highest BCUT2D eigenvalue weighted by Crippen LogP contribution is 2.21. The molecule has 3 rings (SSSR count). The summed E-state index contributed by atoms with van der Waals surface area (Å²) in [6.07, 6.45) is 4.18. The van der Waals surface area contributed by atoms with Crippen molar-refractivity contribution in [3.05, 3.63) is 16.1 Å². The molecule has 3 heterocycles. The molecular weight excluding hydrogens is 308 g/mol. The number of aromatic nitrogens is 1. The van der Waals surface area contributed by atoms with E-state index >= 15 is 0 Å². The van der Waals surface area contributed by atoms with E-state index in [2.05, 4.69) is 32.8 Å². The minimum atomic E-state index is 0.178. The molecule has 2 aliphatic heterocycles. The van der Waals surface area contributed by atoms with E-state index in [1.807, 2.05) is 6.92 Å². The van der Waals surface area contributed by atoms with Crippen LogP contribution in [0.1, 0.15) is 43.3 Å². The molecule has 0 aromatic carbocycles. The van der Waals surface area contributed by atoms with Crippen molar-refractivity contribution in [3.63, 3.8) is 0 Å². The number of piperidine rings is 2. The van der Waals surface area contributed by atoms with E-state index in [4.69, 9.17) is 0 Å². The quantitative estimate of drug-likeness (QED) is 0.882. The fourth-order valence-corrected chi connectivity index (χ4v) is 4.21. The van der Waals surface area contributed by atoms with Crippen LogP contribution in [0.4, 0.5) is 0 Å². The van der Waals surface area contributed by atoms with Gasteiger partial charge in [0.05, 0.1) is 10.7 Å². The van der Waals surface area contributed by atoms with Gasteiger partial charge < -0.3 is 10.6 Å². The van der Waals surface area contributed by atoms with Gasteiger partial charge in [-0.1, -0.05) is 0 Å². The molecule has 2 atom stereocenters. The van der Waals surface area contributed by atoms with Crippen LogP contribution in [0.25, 0.3) is 0 Å². The van der Waals surface area contributed by atoms with Crippen molar-refractivity contribution < 1.29 is 4.79 Å². The maximum atomic E-state index is 12.5. The Morgan fingerprint density at radius 3 is 2.87 bits per heavy atom. The zero-order valence-electron chi connectivity index (χ0n) is 14.2. The molecule has 0 radical (unpaired) electrons. The Labute approximate surface area is 142 Å². The molecule has 2 saturated heterocycles. The van der Waals surface area contributed by atoms with E-state index in [1.54, 1.807) is 11.3 Å². The van der Waals surface area contributed by atoms with Gasteiger partial charge in [0.25, 0.3) is 0 Å². The number of rotatable bonds is 4. The Kier molecular flexibility index (Phi) is 5.67. The molecule has 2 N–H and O–H groups in total. The summed E-state index contributed by atoms with van der Waals surface area (Å²) >= 11 is 1.71. The number of hydrogen-bond donors (Lipinski definition) is 2. The van der Waals surface area contributed by atoms with E-state index in [0.29, 0.717) is 12.1 Å². The van der Waals surface area contributed by atoms with E-state index < -0.39 is 0 Å². The standard InChI is InChI=1S/C17H28N4OS/c1-12-16(4-3-7-18-12)20-17(22)14-5-8-21(9-6-14)10-15-11-23-13(2)19-15/h11-12,14,16,18H,3-10H2,1-2H3,(H,20,22). The predicted octanol–water partition coefficient (Wildman–Crippen LogP) is 1.92. The lowest BCUT2D eigenvalue weighted by Crippen LogP contribution is -2.53. The second kappa shape index (κ2) is 7.73. The maximum Gasteiger partial charge on any atom is 0.223 e. The molecule has 2 aliphatic rings. The van der Waals surface area contributed by atoms with Gasteiger partial charge in [-0.15, -0.1) is 11.3 Å². The number of likely N-dealkylation sites (tertiary alicyclic amines) is 1. The number of hydrogen-bond acceptors (Lipinski definition) is 5. The van der Waals surface area contributed by atoms with Crippen LogP contribution in [0.15, 0.2) is 5.38 Å². The van der Waals surface area contributed by atoms with Crippen molar-refractivity contribution in [2.45, 2.75) is 58.2 Å². The van der Waals surface area contributed by atoms with E-state index in [1.165, 1.54) is 0 Å². The molecule has 0 spiro atoms. The first-order valence-electron chi connectivity index (χ1n) is 8.79. The van der Waals surface area contributed by atoms with Gasteiger partial charge in [-0.25, -0.2) is 4.98 Å². The average molecular weight is 337 g/mol. The third kappa shape index (κ3) is 4.52. The molecule has 128 valence electrons. The summed E-state index contributed by atoms with van der Waals surface area (Å²) < 4.78 is 0. The van der Waals surface area contributed by atoms with Crippen LogP contribution >= 0.6 is 11.3 Å². The minimum absolute atomic E-state index is 0.178. The van der Waals surface area contributed by atoms with Gasteiger partial charge in [-0.2, -0.15) is 0 Å². The first kappa shape index (κ1) is 16.9. The van der Waals surface area contributed by atoms with Gasteiger partial charge in [0.15, 0.2) is 0 Å². The molecule has 5 nitrogen and oxygen atoms in total. The normalized spacial score (nSPS) is 27.0. The lowest BCUT2D eigenvalue weighted by atomic mass is 9.93. The molecule has 1 aromatic rings. The zero-order chi connectivity index (χ0) is 16.2. The number of carbonyl (C=O) groups excluding carboxylic acids is 1. The highest BCUT2D eigenvalue weighted by molar-refractivity contribution is 7.09.